The summed E-state index contributed by atoms with van der Waals surface area (Å²) in [5, 5.41) is 11.2. The number of amides is 2. The van der Waals surface area contributed by atoms with Gasteiger partial charge in [-0.1, -0.05) is 56.1 Å². The van der Waals surface area contributed by atoms with Gasteiger partial charge >= 0.3 is 6.09 Å². The molecule has 3 aromatic rings. The summed E-state index contributed by atoms with van der Waals surface area (Å²) in [7, 11) is -0.506. The van der Waals surface area contributed by atoms with Crippen molar-refractivity contribution in [3.05, 3.63) is 81.0 Å². The number of pyridine rings is 1. The molecule has 0 saturated heterocycles. The highest BCUT2D eigenvalue weighted by molar-refractivity contribution is 6.74. The Hall–Kier alpha value is -3.51. The molecule has 4 rings (SSSR count). The molecule has 308 valence electrons. The first kappa shape index (κ1) is 45.2. The van der Waals surface area contributed by atoms with E-state index in [2.05, 4.69) is 39.9 Å². The molecular weight excluding hydrogens is 769 g/mol. The second kappa shape index (κ2) is 19.3. The van der Waals surface area contributed by atoms with Crippen LogP contribution in [0.15, 0.2) is 48.5 Å². The largest absolute Gasteiger partial charge is 0.531 e. The van der Waals surface area contributed by atoms with Crippen molar-refractivity contribution in [3.63, 3.8) is 0 Å². The molecule has 1 aliphatic carbocycles. The van der Waals surface area contributed by atoms with Crippen molar-refractivity contribution in [2.75, 3.05) is 33.5 Å². The summed E-state index contributed by atoms with van der Waals surface area (Å²) in [5.74, 6) is 0.950. The fraction of sp³-hybridized carbons (Fsp3) is 0.558. The molecule has 56 heavy (non-hydrogen) atoms. The number of carbonyl (C=O) groups is 2. The average molecular weight is 831 g/mol. The molecule has 0 radical (unpaired) electrons. The van der Waals surface area contributed by atoms with Crippen molar-refractivity contribution >= 4 is 43.5 Å². The highest BCUT2D eigenvalue weighted by Gasteiger charge is 2.41. The van der Waals surface area contributed by atoms with Crippen molar-refractivity contribution in [1.82, 2.24) is 14.8 Å². The second-order valence-corrected chi connectivity index (χ2v) is 22.9. The summed E-state index contributed by atoms with van der Waals surface area (Å²) in [4.78, 5) is 35.6. The first-order valence-corrected chi connectivity index (χ1v) is 23.1. The number of ether oxygens (including phenoxy) is 3. The van der Waals surface area contributed by atoms with Gasteiger partial charge in [0.2, 0.25) is 5.91 Å². The van der Waals surface area contributed by atoms with Gasteiger partial charge in [0.15, 0.2) is 11.6 Å². The molecule has 1 aliphatic rings. The van der Waals surface area contributed by atoms with Crippen LogP contribution in [0.5, 0.6) is 17.4 Å². The van der Waals surface area contributed by atoms with Crippen LogP contribution in [0, 0.1) is 12.8 Å². The number of carbonyl (C=O) groups excluding carboxylic acids is 1. The lowest BCUT2D eigenvalue weighted by molar-refractivity contribution is -0.137. The highest BCUT2D eigenvalue weighted by atomic mass is 35.5. The average Bonchev–Trinajstić information content (AvgIpc) is 3.93. The van der Waals surface area contributed by atoms with Crippen LogP contribution >= 0.6 is 23.2 Å². The Morgan fingerprint density at radius 1 is 0.929 bits per heavy atom. The second-order valence-electron chi connectivity index (χ2n) is 17.3. The van der Waals surface area contributed by atoms with E-state index >= 15 is 0 Å². The van der Waals surface area contributed by atoms with E-state index in [1.807, 2.05) is 62.9 Å². The summed E-state index contributed by atoms with van der Waals surface area (Å²) < 4.78 is 23.7. The fourth-order valence-corrected chi connectivity index (χ4v) is 7.77. The summed E-state index contributed by atoms with van der Waals surface area (Å²) in [5.41, 5.74) is 2.98. The molecule has 1 atom stereocenters. The lowest BCUT2D eigenvalue weighted by Gasteiger charge is -2.37. The van der Waals surface area contributed by atoms with Gasteiger partial charge in [0, 0.05) is 50.1 Å². The topological polar surface area (TPSA) is 111 Å². The number of methoxy groups -OCH3 is 1. The number of halogens is 2. The minimum atomic E-state index is -2.20. The third-order valence-corrected chi connectivity index (χ3v) is 15.3. The minimum Gasteiger partial charge on any atom is -0.531 e. The maximum Gasteiger partial charge on any atom is 0.407 e. The molecule has 0 bridgehead atoms. The van der Waals surface area contributed by atoms with Crippen LogP contribution in [-0.2, 0) is 28.9 Å². The normalized spacial score (nSPS) is 13.9. The summed E-state index contributed by atoms with van der Waals surface area (Å²) in [6, 6.07) is 15.3. The molecule has 0 spiro atoms. The molecule has 1 saturated carbocycles. The standard InChI is InChI=1S/C43H61Cl2N3O7Si/c1-29-22-36(44)39(37(45)23-29)54-21-20-53-35-17-13-30(14-18-35)24-32(28-48(41(50)51)42(2,3)4)40(49)47(34-15-16-34)27-31-25-33(12-11-19-52-8)46-38(26-31)55-56(9,10)43(5,6)7/h13-14,17-18,22-23,25-26,32,34H,11-12,15-16,19-21,24,27-28H2,1-10H3,(H,50,51). The van der Waals surface area contributed by atoms with Gasteiger partial charge in [-0.2, -0.15) is 0 Å². The predicted octanol–water partition coefficient (Wildman–Crippen LogP) is 10.2. The smallest absolute Gasteiger partial charge is 0.407 e. The van der Waals surface area contributed by atoms with Crippen LogP contribution in [0.2, 0.25) is 28.2 Å². The van der Waals surface area contributed by atoms with E-state index in [4.69, 9.17) is 46.8 Å². The number of rotatable bonds is 19. The minimum absolute atomic E-state index is 0.0166. The molecule has 13 heteroatoms. The first-order chi connectivity index (χ1) is 26.2. The molecule has 1 unspecified atom stereocenters. The summed E-state index contributed by atoms with van der Waals surface area (Å²) in [6.45, 7) is 20.0. The number of carboxylic acid groups (broad SMARTS) is 1. The first-order valence-electron chi connectivity index (χ1n) is 19.5. The molecule has 1 fully saturated rings. The van der Waals surface area contributed by atoms with E-state index in [-0.39, 0.29) is 36.7 Å². The van der Waals surface area contributed by atoms with Crippen LogP contribution in [0.25, 0.3) is 0 Å². The van der Waals surface area contributed by atoms with E-state index in [1.54, 1.807) is 19.2 Å². The molecule has 2 amide bonds. The van der Waals surface area contributed by atoms with Crippen molar-refractivity contribution in [3.8, 4) is 17.4 Å². The van der Waals surface area contributed by atoms with E-state index in [0.29, 0.717) is 47.0 Å². The Balaban J connectivity index is 1.56. The molecule has 1 heterocycles. The zero-order valence-electron chi connectivity index (χ0n) is 34.8. The van der Waals surface area contributed by atoms with Gasteiger partial charge in [-0.05, 0) is 125 Å². The maximum absolute atomic E-state index is 14.8. The van der Waals surface area contributed by atoms with E-state index < -0.39 is 25.9 Å². The van der Waals surface area contributed by atoms with Gasteiger partial charge in [0.1, 0.15) is 19.0 Å². The zero-order chi connectivity index (χ0) is 41.4. The quantitative estimate of drug-likeness (QED) is 0.0939. The monoisotopic (exact) mass is 829 g/mol. The molecule has 0 aliphatic heterocycles. The third kappa shape index (κ3) is 13.0. The van der Waals surface area contributed by atoms with Crippen molar-refractivity contribution in [2.24, 2.45) is 5.92 Å². The van der Waals surface area contributed by atoms with Gasteiger partial charge in [-0.3, -0.25) is 4.79 Å². The highest BCUT2D eigenvalue weighted by Crippen LogP contribution is 2.38. The van der Waals surface area contributed by atoms with Crippen LogP contribution in [0.3, 0.4) is 0 Å². The summed E-state index contributed by atoms with van der Waals surface area (Å²) >= 11 is 12.6. The number of nitrogens with zero attached hydrogens (tertiary/aromatic N) is 3. The van der Waals surface area contributed by atoms with E-state index in [0.717, 1.165) is 48.1 Å². The number of hydrogen-bond acceptors (Lipinski definition) is 7. The number of hydrogen-bond donors (Lipinski definition) is 1. The van der Waals surface area contributed by atoms with Crippen LogP contribution in [-0.4, -0.2) is 85.3 Å². The van der Waals surface area contributed by atoms with E-state index in [9.17, 15) is 14.7 Å². The third-order valence-electron chi connectivity index (χ3n) is 10.4. The predicted molar refractivity (Wildman–Crippen MR) is 226 cm³/mol. The van der Waals surface area contributed by atoms with Crippen molar-refractivity contribution < 1.29 is 33.3 Å². The van der Waals surface area contributed by atoms with Gasteiger partial charge in [-0.15, -0.1) is 0 Å². The lowest BCUT2D eigenvalue weighted by Crippen LogP contribution is -2.51. The Morgan fingerprint density at radius 2 is 1.55 bits per heavy atom. The van der Waals surface area contributed by atoms with Crippen molar-refractivity contribution in [1.29, 1.82) is 0 Å². The van der Waals surface area contributed by atoms with Crippen molar-refractivity contribution in [2.45, 2.75) is 117 Å². The molecule has 2 aromatic carbocycles. The molecule has 1 aromatic heterocycles. The Labute approximate surface area is 344 Å². The SMILES string of the molecule is COCCCc1cc(CN(C(=O)C(Cc2ccc(OCCOc3c(Cl)cc(C)cc3Cl)cc2)CN(C(=O)O)C(C)(C)C)C2CC2)cc(O[Si](C)(C)C(C)(C)C)n1. The Bertz CT molecular complexity index is 1770. The van der Waals surface area contributed by atoms with Gasteiger partial charge in [0.25, 0.3) is 8.32 Å². The van der Waals surface area contributed by atoms with E-state index in [1.165, 1.54) is 4.90 Å². The zero-order valence-corrected chi connectivity index (χ0v) is 37.4. The fourth-order valence-electron chi connectivity index (χ4n) is 6.13. The lowest BCUT2D eigenvalue weighted by atomic mass is 9.94. The van der Waals surface area contributed by atoms with Gasteiger partial charge in [-0.25, -0.2) is 9.78 Å². The molecule has 1 N–H and O–H groups in total. The molecular formula is C43H61Cl2N3O7Si. The molecule has 10 nitrogen and oxygen atoms in total. The number of aryl methyl sites for hydroxylation is 2. The van der Waals surface area contributed by atoms with Gasteiger partial charge in [0.05, 0.1) is 16.0 Å². The van der Waals surface area contributed by atoms with Crippen LogP contribution in [0.1, 0.15) is 83.2 Å². The van der Waals surface area contributed by atoms with Crippen LogP contribution in [0.4, 0.5) is 4.79 Å². The Kier molecular flexibility index (Phi) is 15.6. The number of benzene rings is 2. The summed E-state index contributed by atoms with van der Waals surface area (Å²) in [6.07, 6.45) is 2.63. The Morgan fingerprint density at radius 3 is 2.11 bits per heavy atom. The number of aromatic nitrogens is 1. The maximum atomic E-state index is 14.8. The van der Waals surface area contributed by atoms with Crippen LogP contribution < -0.4 is 13.9 Å². The van der Waals surface area contributed by atoms with Gasteiger partial charge < -0.3 is 33.5 Å².